The molecule has 0 spiro atoms. The zero-order valence-electron chi connectivity index (χ0n) is 8.80. The number of para-hydroxylation sites is 1. The molecule has 1 nitrogen and oxygen atoms in total. The Morgan fingerprint density at radius 2 is 1.69 bits per heavy atom. The molecule has 0 amide bonds. The van der Waals surface area contributed by atoms with Crippen LogP contribution in [-0.4, -0.2) is 6.61 Å². The monoisotopic (exact) mass is 228 g/mol. The Morgan fingerprint density at radius 1 is 0.938 bits per heavy atom. The van der Waals surface area contributed by atoms with Gasteiger partial charge in [-0.05, 0) is 18.2 Å². The first-order valence-electron chi connectivity index (χ1n) is 5.37. The molecule has 1 aliphatic heterocycles. The van der Waals surface area contributed by atoms with Gasteiger partial charge in [-0.2, -0.15) is 0 Å². The van der Waals surface area contributed by atoms with E-state index in [0.29, 0.717) is 5.25 Å². The molecule has 3 rings (SSSR count). The molecule has 0 N–H and O–H groups in total. The maximum absolute atomic E-state index is 5.66. The topological polar surface area (TPSA) is 9.23 Å². The quantitative estimate of drug-likeness (QED) is 0.770. The van der Waals surface area contributed by atoms with E-state index in [-0.39, 0.29) is 0 Å². The average molecular weight is 228 g/mol. The van der Waals surface area contributed by atoms with Gasteiger partial charge in [0.2, 0.25) is 0 Å². The zero-order valence-corrected chi connectivity index (χ0v) is 9.61. The summed E-state index contributed by atoms with van der Waals surface area (Å²) in [5.41, 5.74) is 1.32. The second kappa shape index (κ2) is 4.22. The first kappa shape index (κ1) is 9.79. The van der Waals surface area contributed by atoms with Gasteiger partial charge in [0.1, 0.15) is 12.4 Å². The summed E-state index contributed by atoms with van der Waals surface area (Å²) in [6.45, 7) is 0.777. The molecular weight excluding hydrogens is 216 g/mol. The summed E-state index contributed by atoms with van der Waals surface area (Å²) in [7, 11) is 0. The van der Waals surface area contributed by atoms with Gasteiger partial charge in [0.05, 0.1) is 5.25 Å². The van der Waals surface area contributed by atoms with Gasteiger partial charge in [0.15, 0.2) is 0 Å². The number of ether oxygens (including phenoxy) is 1. The van der Waals surface area contributed by atoms with Crippen LogP contribution in [0.3, 0.4) is 0 Å². The van der Waals surface area contributed by atoms with Crippen LogP contribution < -0.4 is 4.74 Å². The zero-order chi connectivity index (χ0) is 10.8. The molecule has 1 unspecified atom stereocenters. The van der Waals surface area contributed by atoms with Crippen molar-refractivity contribution in [1.29, 1.82) is 0 Å². The van der Waals surface area contributed by atoms with Crippen LogP contribution in [0.15, 0.2) is 59.5 Å². The minimum Gasteiger partial charge on any atom is -0.492 e. The smallest absolute Gasteiger partial charge is 0.123 e. The van der Waals surface area contributed by atoms with E-state index in [4.69, 9.17) is 4.74 Å². The second-order valence-electron chi connectivity index (χ2n) is 3.77. The predicted octanol–water partition coefficient (Wildman–Crippen LogP) is 3.91. The molecule has 0 radical (unpaired) electrons. The third kappa shape index (κ3) is 1.81. The minimum absolute atomic E-state index is 0.429. The van der Waals surface area contributed by atoms with Gasteiger partial charge in [-0.1, -0.05) is 36.4 Å². The van der Waals surface area contributed by atoms with Gasteiger partial charge in [0.25, 0.3) is 0 Å². The lowest BCUT2D eigenvalue weighted by atomic mass is 10.2. The van der Waals surface area contributed by atoms with Crippen molar-refractivity contribution in [2.45, 2.75) is 10.1 Å². The Kier molecular flexibility index (Phi) is 2.58. The van der Waals surface area contributed by atoms with E-state index in [1.807, 2.05) is 30.0 Å². The third-order valence-corrected chi connectivity index (χ3v) is 3.90. The van der Waals surface area contributed by atoms with Gasteiger partial charge in [-0.15, -0.1) is 11.8 Å². The number of hydrogen-bond donors (Lipinski definition) is 0. The number of thioether (sulfide) groups is 1. The molecule has 80 valence electrons. The van der Waals surface area contributed by atoms with Crippen LogP contribution >= 0.6 is 11.8 Å². The molecule has 0 saturated carbocycles. The average Bonchev–Trinajstić information content (AvgIpc) is 2.74. The Bertz CT molecular complexity index is 481. The number of rotatable bonds is 2. The van der Waals surface area contributed by atoms with Gasteiger partial charge in [0, 0.05) is 10.5 Å². The molecule has 2 heteroatoms. The molecule has 2 aromatic rings. The van der Waals surface area contributed by atoms with E-state index < -0.39 is 0 Å². The first-order valence-corrected chi connectivity index (χ1v) is 6.25. The lowest BCUT2D eigenvalue weighted by molar-refractivity contribution is 0.354. The molecule has 1 atom stereocenters. The van der Waals surface area contributed by atoms with Crippen molar-refractivity contribution in [1.82, 2.24) is 0 Å². The first-order chi connectivity index (χ1) is 7.93. The maximum Gasteiger partial charge on any atom is 0.123 e. The highest BCUT2D eigenvalue weighted by atomic mass is 32.2. The molecule has 0 aromatic heterocycles. The summed E-state index contributed by atoms with van der Waals surface area (Å²) in [5, 5.41) is 0.429. The lowest BCUT2D eigenvalue weighted by Gasteiger charge is -2.07. The van der Waals surface area contributed by atoms with Crippen molar-refractivity contribution in [3.8, 4) is 5.75 Å². The highest BCUT2D eigenvalue weighted by Crippen LogP contribution is 2.43. The molecular formula is C14H12OS. The number of fused-ring (bicyclic) bond motifs is 1. The van der Waals surface area contributed by atoms with Gasteiger partial charge in [-0.25, -0.2) is 0 Å². The van der Waals surface area contributed by atoms with Crippen LogP contribution in [-0.2, 0) is 0 Å². The fourth-order valence-electron chi connectivity index (χ4n) is 1.89. The van der Waals surface area contributed by atoms with Crippen molar-refractivity contribution in [2.75, 3.05) is 6.61 Å². The van der Waals surface area contributed by atoms with Crippen LogP contribution in [0.1, 0.15) is 10.8 Å². The summed E-state index contributed by atoms with van der Waals surface area (Å²) in [6.07, 6.45) is 0. The molecule has 2 aromatic carbocycles. The Morgan fingerprint density at radius 3 is 2.56 bits per heavy atom. The van der Waals surface area contributed by atoms with E-state index in [1.165, 1.54) is 10.5 Å². The highest BCUT2D eigenvalue weighted by Gasteiger charge is 2.24. The largest absolute Gasteiger partial charge is 0.492 e. The fourth-order valence-corrected chi connectivity index (χ4v) is 2.99. The molecule has 0 bridgehead atoms. The van der Waals surface area contributed by atoms with Crippen molar-refractivity contribution >= 4 is 11.8 Å². The molecule has 1 aliphatic rings. The van der Waals surface area contributed by atoms with Gasteiger partial charge >= 0.3 is 0 Å². The van der Waals surface area contributed by atoms with Crippen molar-refractivity contribution < 1.29 is 4.74 Å². The normalized spacial score (nSPS) is 17.9. The summed E-state index contributed by atoms with van der Waals surface area (Å²) in [6, 6.07) is 18.8. The predicted molar refractivity (Wildman–Crippen MR) is 67.0 cm³/mol. The standard InChI is InChI=1S/C14H12OS/c1-2-6-11(7-3-1)16-14-10-15-13-9-5-4-8-12(13)14/h1-9,14H,10H2. The fraction of sp³-hybridized carbons (Fsp3) is 0.143. The molecule has 0 aliphatic carbocycles. The van der Waals surface area contributed by atoms with E-state index in [2.05, 4.69) is 36.4 Å². The summed E-state index contributed by atoms with van der Waals surface area (Å²) in [4.78, 5) is 1.30. The van der Waals surface area contributed by atoms with Crippen molar-refractivity contribution in [3.63, 3.8) is 0 Å². The number of benzene rings is 2. The number of hydrogen-bond acceptors (Lipinski definition) is 2. The van der Waals surface area contributed by atoms with Gasteiger partial charge < -0.3 is 4.74 Å². The summed E-state index contributed by atoms with van der Waals surface area (Å²) < 4.78 is 5.66. The van der Waals surface area contributed by atoms with Crippen LogP contribution in [0.25, 0.3) is 0 Å². The lowest BCUT2D eigenvalue weighted by Crippen LogP contribution is -1.95. The highest BCUT2D eigenvalue weighted by molar-refractivity contribution is 7.99. The molecule has 16 heavy (non-hydrogen) atoms. The third-order valence-electron chi connectivity index (χ3n) is 2.68. The Balaban J connectivity index is 1.84. The summed E-state index contributed by atoms with van der Waals surface area (Å²) >= 11 is 1.87. The maximum atomic E-state index is 5.66. The Hall–Kier alpha value is -1.41. The van der Waals surface area contributed by atoms with Crippen molar-refractivity contribution in [3.05, 3.63) is 60.2 Å². The van der Waals surface area contributed by atoms with E-state index in [9.17, 15) is 0 Å². The van der Waals surface area contributed by atoms with Crippen LogP contribution in [0, 0.1) is 0 Å². The van der Waals surface area contributed by atoms with E-state index in [0.717, 1.165) is 12.4 Å². The van der Waals surface area contributed by atoms with Crippen LogP contribution in [0.2, 0.25) is 0 Å². The van der Waals surface area contributed by atoms with Crippen LogP contribution in [0.5, 0.6) is 5.75 Å². The molecule has 0 saturated heterocycles. The van der Waals surface area contributed by atoms with Crippen LogP contribution in [0.4, 0.5) is 0 Å². The second-order valence-corrected chi connectivity index (χ2v) is 5.04. The Labute approximate surface area is 99.4 Å². The summed E-state index contributed by atoms with van der Waals surface area (Å²) in [5.74, 6) is 1.04. The van der Waals surface area contributed by atoms with Crippen molar-refractivity contribution in [2.24, 2.45) is 0 Å². The molecule has 1 heterocycles. The van der Waals surface area contributed by atoms with E-state index in [1.54, 1.807) is 0 Å². The van der Waals surface area contributed by atoms with Gasteiger partial charge in [-0.3, -0.25) is 0 Å². The van der Waals surface area contributed by atoms with E-state index >= 15 is 0 Å². The minimum atomic E-state index is 0.429. The SMILES string of the molecule is c1ccc(SC2COc3ccccc32)cc1. The molecule has 0 fully saturated rings.